The van der Waals surface area contributed by atoms with Crippen molar-refractivity contribution in [1.29, 1.82) is 0 Å². The molecule has 2 rings (SSSR count). The Bertz CT molecular complexity index is 521. The largest absolute Gasteiger partial charge is 0.396 e. The van der Waals surface area contributed by atoms with Crippen molar-refractivity contribution in [3.8, 4) is 0 Å². The summed E-state index contributed by atoms with van der Waals surface area (Å²) in [6.45, 7) is 2.36. The first-order valence-electron chi connectivity index (χ1n) is 7.66. The standard InChI is InChI=1S/C16H22F2N2O2/c1-11(14-7-4-12(17)10-15(14)18)19-16(22)20(13-5-6-13)8-2-3-9-21/h4,7,10-11,13,21H,2-3,5-6,8-9H2,1H3,(H,19,22). The Kier molecular flexibility index (Phi) is 5.71. The predicted molar refractivity (Wildman–Crippen MR) is 79.4 cm³/mol. The smallest absolute Gasteiger partial charge is 0.318 e. The molecule has 2 N–H and O–H groups in total. The van der Waals surface area contributed by atoms with Crippen molar-refractivity contribution in [1.82, 2.24) is 10.2 Å². The van der Waals surface area contributed by atoms with Crippen LogP contribution in [-0.2, 0) is 0 Å². The molecule has 1 fully saturated rings. The van der Waals surface area contributed by atoms with Crippen LogP contribution in [0.2, 0.25) is 0 Å². The van der Waals surface area contributed by atoms with Crippen LogP contribution < -0.4 is 5.32 Å². The van der Waals surface area contributed by atoms with Gasteiger partial charge in [-0.3, -0.25) is 0 Å². The first-order valence-corrected chi connectivity index (χ1v) is 7.66. The number of halogens is 2. The Balaban J connectivity index is 1.96. The lowest BCUT2D eigenvalue weighted by molar-refractivity contribution is 0.187. The van der Waals surface area contributed by atoms with Crippen LogP contribution in [0.25, 0.3) is 0 Å². The van der Waals surface area contributed by atoms with E-state index in [1.807, 2.05) is 0 Å². The lowest BCUT2D eigenvalue weighted by Crippen LogP contribution is -2.43. The van der Waals surface area contributed by atoms with Crippen LogP contribution in [0.4, 0.5) is 13.6 Å². The minimum absolute atomic E-state index is 0.108. The Hall–Kier alpha value is -1.69. The number of carbonyl (C=O) groups excluding carboxylic acids is 1. The minimum Gasteiger partial charge on any atom is -0.396 e. The van der Waals surface area contributed by atoms with Gasteiger partial charge in [-0.2, -0.15) is 0 Å². The van der Waals surface area contributed by atoms with Gasteiger partial charge in [-0.25, -0.2) is 13.6 Å². The topological polar surface area (TPSA) is 52.6 Å². The van der Waals surface area contributed by atoms with Gasteiger partial charge in [0, 0.05) is 30.8 Å². The highest BCUT2D eigenvalue weighted by Crippen LogP contribution is 2.28. The Labute approximate surface area is 129 Å². The van der Waals surface area contributed by atoms with Crippen molar-refractivity contribution < 1.29 is 18.7 Å². The summed E-state index contributed by atoms with van der Waals surface area (Å²) in [5.41, 5.74) is 0.265. The van der Waals surface area contributed by atoms with Crippen LogP contribution in [-0.4, -0.2) is 35.2 Å². The van der Waals surface area contributed by atoms with Crippen LogP contribution in [0.15, 0.2) is 18.2 Å². The Morgan fingerprint density at radius 2 is 2.14 bits per heavy atom. The summed E-state index contributed by atoms with van der Waals surface area (Å²) in [4.78, 5) is 14.1. The molecule has 2 amide bonds. The van der Waals surface area contributed by atoms with Crippen molar-refractivity contribution in [3.05, 3.63) is 35.4 Å². The number of hydrogen-bond acceptors (Lipinski definition) is 2. The van der Waals surface area contributed by atoms with Gasteiger partial charge < -0.3 is 15.3 Å². The van der Waals surface area contributed by atoms with E-state index in [0.29, 0.717) is 13.0 Å². The highest BCUT2D eigenvalue weighted by molar-refractivity contribution is 5.75. The number of unbranched alkanes of at least 4 members (excludes halogenated alkanes) is 1. The SMILES string of the molecule is CC(NC(=O)N(CCCCO)C1CC1)c1ccc(F)cc1F. The summed E-state index contributed by atoms with van der Waals surface area (Å²) < 4.78 is 26.7. The number of nitrogens with one attached hydrogen (secondary N) is 1. The highest BCUT2D eigenvalue weighted by Gasteiger charge is 2.32. The van der Waals surface area contributed by atoms with E-state index >= 15 is 0 Å². The molecule has 1 aliphatic carbocycles. The van der Waals surface area contributed by atoms with E-state index in [2.05, 4.69) is 5.32 Å². The van der Waals surface area contributed by atoms with E-state index in [-0.39, 0.29) is 24.2 Å². The maximum atomic E-state index is 13.7. The maximum Gasteiger partial charge on any atom is 0.318 e. The number of aliphatic hydroxyl groups is 1. The molecule has 0 radical (unpaired) electrons. The van der Waals surface area contributed by atoms with E-state index in [1.165, 1.54) is 12.1 Å². The molecular weight excluding hydrogens is 290 g/mol. The molecule has 1 atom stereocenters. The summed E-state index contributed by atoms with van der Waals surface area (Å²) in [5.74, 6) is -1.30. The van der Waals surface area contributed by atoms with Crippen molar-refractivity contribution in [2.45, 2.75) is 44.7 Å². The van der Waals surface area contributed by atoms with E-state index in [0.717, 1.165) is 25.3 Å². The van der Waals surface area contributed by atoms with E-state index < -0.39 is 17.7 Å². The number of rotatable bonds is 7. The normalized spacial score (nSPS) is 15.5. The second-order valence-electron chi connectivity index (χ2n) is 5.69. The monoisotopic (exact) mass is 312 g/mol. The van der Waals surface area contributed by atoms with Crippen LogP contribution in [0.3, 0.4) is 0 Å². The van der Waals surface area contributed by atoms with Crippen LogP contribution in [0.5, 0.6) is 0 Å². The quantitative estimate of drug-likeness (QED) is 0.761. The number of urea groups is 1. The molecule has 6 heteroatoms. The highest BCUT2D eigenvalue weighted by atomic mass is 19.1. The number of nitrogens with zero attached hydrogens (tertiary/aromatic N) is 1. The van der Waals surface area contributed by atoms with Crippen molar-refractivity contribution in [2.24, 2.45) is 0 Å². The molecule has 0 spiro atoms. The molecule has 1 aromatic rings. The van der Waals surface area contributed by atoms with Gasteiger partial charge in [0.05, 0.1) is 6.04 Å². The summed E-state index contributed by atoms with van der Waals surface area (Å²) in [5, 5.41) is 11.6. The minimum atomic E-state index is -0.661. The molecule has 22 heavy (non-hydrogen) atoms. The summed E-state index contributed by atoms with van der Waals surface area (Å²) in [6, 6.07) is 2.81. The van der Waals surface area contributed by atoms with E-state index in [1.54, 1.807) is 11.8 Å². The fourth-order valence-corrected chi connectivity index (χ4v) is 2.43. The van der Waals surface area contributed by atoms with Crippen LogP contribution in [0, 0.1) is 11.6 Å². The van der Waals surface area contributed by atoms with Gasteiger partial charge in [0.2, 0.25) is 0 Å². The molecule has 122 valence electrons. The second-order valence-corrected chi connectivity index (χ2v) is 5.69. The average Bonchev–Trinajstić information content (AvgIpc) is 3.27. The molecule has 0 aromatic heterocycles. The van der Waals surface area contributed by atoms with Crippen LogP contribution in [0.1, 0.15) is 44.2 Å². The molecule has 0 heterocycles. The molecule has 0 saturated heterocycles. The zero-order chi connectivity index (χ0) is 16.1. The number of benzene rings is 1. The first-order chi connectivity index (χ1) is 10.5. The molecule has 4 nitrogen and oxygen atoms in total. The lowest BCUT2D eigenvalue weighted by atomic mass is 10.1. The zero-order valence-electron chi connectivity index (χ0n) is 12.7. The number of amides is 2. The number of aliphatic hydroxyl groups excluding tert-OH is 1. The van der Waals surface area contributed by atoms with Gasteiger partial charge in [-0.15, -0.1) is 0 Å². The first kappa shape index (κ1) is 16.7. The summed E-state index contributed by atoms with van der Waals surface area (Å²) in [7, 11) is 0. The van der Waals surface area contributed by atoms with E-state index in [9.17, 15) is 13.6 Å². The van der Waals surface area contributed by atoms with Gasteiger partial charge in [0.1, 0.15) is 11.6 Å². The van der Waals surface area contributed by atoms with Crippen molar-refractivity contribution in [2.75, 3.05) is 13.2 Å². The Morgan fingerprint density at radius 3 is 2.73 bits per heavy atom. The van der Waals surface area contributed by atoms with Crippen LogP contribution >= 0.6 is 0 Å². The molecular formula is C16H22F2N2O2. The van der Waals surface area contributed by atoms with Crippen molar-refractivity contribution >= 4 is 6.03 Å². The van der Waals surface area contributed by atoms with Gasteiger partial charge in [-0.05, 0) is 38.7 Å². The van der Waals surface area contributed by atoms with Gasteiger partial charge in [-0.1, -0.05) is 6.07 Å². The fraction of sp³-hybridized carbons (Fsp3) is 0.562. The summed E-state index contributed by atoms with van der Waals surface area (Å²) >= 11 is 0. The molecule has 1 aromatic carbocycles. The number of carbonyl (C=O) groups is 1. The number of hydrogen-bond donors (Lipinski definition) is 2. The third kappa shape index (κ3) is 4.40. The molecule has 1 saturated carbocycles. The van der Waals surface area contributed by atoms with Gasteiger partial charge in [0.15, 0.2) is 0 Å². The predicted octanol–water partition coefficient (Wildman–Crippen LogP) is 2.97. The average molecular weight is 312 g/mol. The Morgan fingerprint density at radius 1 is 1.41 bits per heavy atom. The third-order valence-electron chi connectivity index (χ3n) is 3.82. The molecule has 1 unspecified atom stereocenters. The maximum absolute atomic E-state index is 13.7. The molecule has 0 bridgehead atoms. The summed E-state index contributed by atoms with van der Waals surface area (Å²) in [6.07, 6.45) is 3.34. The van der Waals surface area contributed by atoms with Gasteiger partial charge in [0.25, 0.3) is 0 Å². The van der Waals surface area contributed by atoms with Gasteiger partial charge >= 0.3 is 6.03 Å². The van der Waals surface area contributed by atoms with E-state index in [4.69, 9.17) is 5.11 Å². The van der Waals surface area contributed by atoms with Crippen molar-refractivity contribution in [3.63, 3.8) is 0 Å². The molecule has 1 aliphatic rings. The molecule has 0 aliphatic heterocycles. The fourth-order valence-electron chi connectivity index (χ4n) is 2.43. The second kappa shape index (κ2) is 7.54. The zero-order valence-corrected chi connectivity index (χ0v) is 12.7. The lowest BCUT2D eigenvalue weighted by Gasteiger charge is -2.25. The third-order valence-corrected chi connectivity index (χ3v) is 3.82.